The first-order chi connectivity index (χ1) is 9.67. The molecule has 0 bridgehead atoms. The smallest absolute Gasteiger partial charge is 0.233 e. The molecule has 0 spiro atoms. The number of hydrogen-bond acceptors (Lipinski definition) is 6. The van der Waals surface area contributed by atoms with Crippen molar-refractivity contribution in [2.24, 2.45) is 5.73 Å². The van der Waals surface area contributed by atoms with Crippen molar-refractivity contribution in [1.29, 1.82) is 0 Å². The SMILES string of the molecule is COc1cc(OC)cc(C(N)c2ccc(OC)nn2)c1. The van der Waals surface area contributed by atoms with Gasteiger partial charge in [-0.05, 0) is 23.8 Å². The van der Waals surface area contributed by atoms with E-state index in [2.05, 4.69) is 10.2 Å². The third kappa shape index (κ3) is 2.97. The Morgan fingerprint density at radius 1 is 0.900 bits per heavy atom. The van der Waals surface area contributed by atoms with E-state index in [0.29, 0.717) is 23.1 Å². The van der Waals surface area contributed by atoms with E-state index in [0.717, 1.165) is 5.56 Å². The summed E-state index contributed by atoms with van der Waals surface area (Å²) < 4.78 is 15.4. The van der Waals surface area contributed by atoms with Crippen molar-refractivity contribution < 1.29 is 14.2 Å². The number of aromatic nitrogens is 2. The summed E-state index contributed by atoms with van der Waals surface area (Å²) in [6.45, 7) is 0. The first kappa shape index (κ1) is 14.1. The summed E-state index contributed by atoms with van der Waals surface area (Å²) in [5, 5.41) is 7.97. The normalized spacial score (nSPS) is 11.8. The molecule has 6 heteroatoms. The molecule has 1 atom stereocenters. The number of ether oxygens (including phenoxy) is 3. The van der Waals surface area contributed by atoms with Gasteiger partial charge in [-0.1, -0.05) is 0 Å². The standard InChI is InChI=1S/C14H17N3O3/c1-18-10-6-9(7-11(8-10)19-2)14(15)12-4-5-13(20-3)17-16-12/h4-8,14H,15H2,1-3H3. The lowest BCUT2D eigenvalue weighted by Crippen LogP contribution is -2.14. The number of hydrogen-bond donors (Lipinski definition) is 1. The van der Waals surface area contributed by atoms with Crippen LogP contribution in [0, 0.1) is 0 Å². The van der Waals surface area contributed by atoms with Crippen molar-refractivity contribution in [3.05, 3.63) is 41.6 Å². The van der Waals surface area contributed by atoms with E-state index in [1.54, 1.807) is 32.4 Å². The summed E-state index contributed by atoms with van der Waals surface area (Å²) in [5.74, 6) is 1.80. The maximum Gasteiger partial charge on any atom is 0.233 e. The molecule has 1 unspecified atom stereocenters. The van der Waals surface area contributed by atoms with Gasteiger partial charge in [0.1, 0.15) is 11.5 Å². The van der Waals surface area contributed by atoms with Gasteiger partial charge in [0.05, 0.1) is 33.1 Å². The van der Waals surface area contributed by atoms with Crippen LogP contribution in [0.25, 0.3) is 0 Å². The molecular weight excluding hydrogens is 258 g/mol. The van der Waals surface area contributed by atoms with Crippen LogP contribution in [0.2, 0.25) is 0 Å². The van der Waals surface area contributed by atoms with Crippen molar-refractivity contribution in [2.75, 3.05) is 21.3 Å². The Balaban J connectivity index is 2.33. The molecule has 20 heavy (non-hydrogen) atoms. The molecule has 106 valence electrons. The minimum Gasteiger partial charge on any atom is -0.497 e. The van der Waals surface area contributed by atoms with E-state index in [-0.39, 0.29) is 0 Å². The van der Waals surface area contributed by atoms with Gasteiger partial charge in [0.2, 0.25) is 5.88 Å². The molecule has 2 rings (SSSR count). The Kier molecular flexibility index (Phi) is 4.37. The van der Waals surface area contributed by atoms with Crippen LogP contribution < -0.4 is 19.9 Å². The molecule has 1 aromatic heterocycles. The molecule has 0 aliphatic carbocycles. The summed E-state index contributed by atoms with van der Waals surface area (Å²) in [7, 11) is 4.73. The Labute approximate surface area is 117 Å². The number of nitrogens with two attached hydrogens (primary N) is 1. The van der Waals surface area contributed by atoms with Crippen LogP contribution >= 0.6 is 0 Å². The van der Waals surface area contributed by atoms with Crippen molar-refractivity contribution >= 4 is 0 Å². The molecule has 0 aliphatic heterocycles. The Morgan fingerprint density at radius 2 is 1.55 bits per heavy atom. The largest absolute Gasteiger partial charge is 0.497 e. The molecule has 0 amide bonds. The van der Waals surface area contributed by atoms with Gasteiger partial charge in [-0.15, -0.1) is 10.2 Å². The fraction of sp³-hybridized carbons (Fsp3) is 0.286. The molecule has 0 radical (unpaired) electrons. The third-order valence-electron chi connectivity index (χ3n) is 2.92. The van der Waals surface area contributed by atoms with Crippen LogP contribution in [-0.2, 0) is 0 Å². The molecule has 1 aromatic carbocycles. The van der Waals surface area contributed by atoms with E-state index >= 15 is 0 Å². The van der Waals surface area contributed by atoms with E-state index < -0.39 is 6.04 Å². The van der Waals surface area contributed by atoms with Crippen molar-refractivity contribution in [1.82, 2.24) is 10.2 Å². The second-order valence-electron chi connectivity index (χ2n) is 4.12. The number of rotatable bonds is 5. The summed E-state index contributed by atoms with van der Waals surface area (Å²) in [6.07, 6.45) is 0. The zero-order valence-electron chi connectivity index (χ0n) is 11.7. The maximum atomic E-state index is 6.20. The quantitative estimate of drug-likeness (QED) is 0.891. The van der Waals surface area contributed by atoms with Gasteiger partial charge in [-0.2, -0.15) is 0 Å². The van der Waals surface area contributed by atoms with Crippen LogP contribution in [0.4, 0.5) is 0 Å². The minimum absolute atomic E-state index is 0.419. The first-order valence-corrected chi connectivity index (χ1v) is 6.04. The highest BCUT2D eigenvalue weighted by Gasteiger charge is 2.14. The monoisotopic (exact) mass is 275 g/mol. The number of nitrogens with zero attached hydrogens (tertiary/aromatic N) is 2. The van der Waals surface area contributed by atoms with Crippen molar-refractivity contribution in [3.8, 4) is 17.4 Å². The minimum atomic E-state index is -0.419. The van der Waals surface area contributed by atoms with E-state index in [4.69, 9.17) is 19.9 Å². The Hall–Kier alpha value is -2.34. The molecule has 0 saturated carbocycles. The summed E-state index contributed by atoms with van der Waals surface area (Å²) in [5.41, 5.74) is 7.67. The predicted molar refractivity (Wildman–Crippen MR) is 74.2 cm³/mol. The van der Waals surface area contributed by atoms with E-state index in [9.17, 15) is 0 Å². The Morgan fingerprint density at radius 3 is 2.00 bits per heavy atom. The average molecular weight is 275 g/mol. The summed E-state index contributed by atoms with van der Waals surface area (Å²) in [6, 6.07) is 8.56. The van der Waals surface area contributed by atoms with Crippen LogP contribution in [0.3, 0.4) is 0 Å². The molecule has 0 fully saturated rings. The molecule has 2 N–H and O–H groups in total. The van der Waals surface area contributed by atoms with E-state index in [1.165, 1.54) is 7.11 Å². The summed E-state index contributed by atoms with van der Waals surface area (Å²) in [4.78, 5) is 0. The van der Waals surface area contributed by atoms with Gasteiger partial charge < -0.3 is 19.9 Å². The fourth-order valence-corrected chi connectivity index (χ4v) is 1.78. The van der Waals surface area contributed by atoms with Gasteiger partial charge in [-0.25, -0.2) is 0 Å². The van der Waals surface area contributed by atoms with Gasteiger partial charge >= 0.3 is 0 Å². The maximum absolute atomic E-state index is 6.20. The first-order valence-electron chi connectivity index (χ1n) is 6.04. The molecule has 1 heterocycles. The third-order valence-corrected chi connectivity index (χ3v) is 2.92. The van der Waals surface area contributed by atoms with Gasteiger partial charge in [0.15, 0.2) is 0 Å². The average Bonchev–Trinajstić information content (AvgIpc) is 2.53. The van der Waals surface area contributed by atoms with Crippen LogP contribution in [0.15, 0.2) is 30.3 Å². The number of benzene rings is 1. The van der Waals surface area contributed by atoms with Gasteiger partial charge in [-0.3, -0.25) is 0 Å². The second-order valence-corrected chi connectivity index (χ2v) is 4.12. The highest BCUT2D eigenvalue weighted by Crippen LogP contribution is 2.28. The zero-order valence-corrected chi connectivity index (χ0v) is 11.7. The molecular formula is C14H17N3O3. The molecule has 6 nitrogen and oxygen atoms in total. The predicted octanol–water partition coefficient (Wildman–Crippen LogP) is 1.55. The lowest BCUT2D eigenvalue weighted by molar-refractivity contribution is 0.390. The van der Waals surface area contributed by atoms with Crippen LogP contribution in [0.1, 0.15) is 17.3 Å². The highest BCUT2D eigenvalue weighted by atomic mass is 16.5. The van der Waals surface area contributed by atoms with Crippen LogP contribution in [-0.4, -0.2) is 31.5 Å². The lowest BCUT2D eigenvalue weighted by atomic mass is 10.0. The molecule has 2 aromatic rings. The lowest BCUT2D eigenvalue weighted by Gasteiger charge is -2.14. The second kappa shape index (κ2) is 6.21. The molecule has 0 aliphatic rings. The fourth-order valence-electron chi connectivity index (χ4n) is 1.78. The van der Waals surface area contributed by atoms with Gasteiger partial charge in [0.25, 0.3) is 0 Å². The number of methoxy groups -OCH3 is 3. The highest BCUT2D eigenvalue weighted by molar-refractivity contribution is 5.41. The Bertz CT molecular complexity index is 550. The topological polar surface area (TPSA) is 79.5 Å². The summed E-state index contributed by atoms with van der Waals surface area (Å²) >= 11 is 0. The molecule has 0 saturated heterocycles. The van der Waals surface area contributed by atoms with Crippen molar-refractivity contribution in [2.45, 2.75) is 6.04 Å². The van der Waals surface area contributed by atoms with Gasteiger partial charge in [0, 0.05) is 12.1 Å². The van der Waals surface area contributed by atoms with E-state index in [1.807, 2.05) is 12.1 Å². The van der Waals surface area contributed by atoms with Crippen LogP contribution in [0.5, 0.6) is 17.4 Å². The zero-order chi connectivity index (χ0) is 14.5. The van der Waals surface area contributed by atoms with Crippen molar-refractivity contribution in [3.63, 3.8) is 0 Å².